The van der Waals surface area contributed by atoms with E-state index in [9.17, 15) is 9.59 Å². The van der Waals surface area contributed by atoms with Gasteiger partial charge in [0, 0.05) is 0 Å². The van der Waals surface area contributed by atoms with E-state index < -0.39 is 12.2 Å². The van der Waals surface area contributed by atoms with Gasteiger partial charge in [-0.2, -0.15) is 0 Å². The van der Waals surface area contributed by atoms with Crippen LogP contribution in [0.4, 0.5) is 0 Å². The molecule has 0 bridgehead atoms. The molecule has 2 atom stereocenters. The van der Waals surface area contributed by atoms with Crippen LogP contribution < -0.4 is 0 Å². The van der Waals surface area contributed by atoms with Crippen molar-refractivity contribution in [1.29, 1.82) is 0 Å². The second-order valence-corrected chi connectivity index (χ2v) is 3.74. The minimum atomic E-state index is -0.890. The van der Waals surface area contributed by atoms with Crippen molar-refractivity contribution in [1.82, 2.24) is 0 Å². The first-order valence-electron chi connectivity index (χ1n) is 5.15. The molecule has 0 aromatic heterocycles. The lowest BCUT2D eigenvalue weighted by molar-refractivity contribution is -0.132. The topological polar surface area (TPSA) is 43.4 Å². The molecule has 0 radical (unpaired) electrons. The van der Waals surface area contributed by atoms with Gasteiger partial charge in [-0.1, -0.05) is 25.3 Å². The van der Waals surface area contributed by atoms with Crippen molar-refractivity contribution in [2.45, 2.75) is 26.1 Å². The predicted molar refractivity (Wildman–Crippen MR) is 68.7 cm³/mol. The quantitative estimate of drug-likeness (QED) is 0.478. The van der Waals surface area contributed by atoms with Gasteiger partial charge in [-0.15, -0.1) is 13.2 Å². The molecule has 0 N–H and O–H groups in total. The van der Waals surface area contributed by atoms with Crippen LogP contribution in [0.3, 0.4) is 0 Å². The molecule has 0 saturated carbocycles. The summed E-state index contributed by atoms with van der Waals surface area (Å²) in [5, 5.41) is 0. The summed E-state index contributed by atoms with van der Waals surface area (Å²) in [6, 6.07) is 0. The van der Waals surface area contributed by atoms with Crippen molar-refractivity contribution >= 4 is 11.6 Å². The first-order valence-corrected chi connectivity index (χ1v) is 5.15. The smallest absolute Gasteiger partial charge is 0.190 e. The highest BCUT2D eigenvalue weighted by Crippen LogP contribution is 2.10. The van der Waals surface area contributed by atoms with Crippen LogP contribution in [0, 0.1) is 0 Å². The van der Waals surface area contributed by atoms with Crippen molar-refractivity contribution in [3.8, 4) is 0 Å². The standard InChI is InChI=1S/C14H18O3/c1-7-11(13(15)9(3)4)17-12(8-2)14(16)10(5)6/h7-8,11-12H,1-3,5H2,4,6H3. The lowest BCUT2D eigenvalue weighted by Crippen LogP contribution is -2.32. The van der Waals surface area contributed by atoms with Gasteiger partial charge in [-0.25, -0.2) is 0 Å². The molecule has 0 rings (SSSR count). The van der Waals surface area contributed by atoms with E-state index in [1.54, 1.807) is 13.8 Å². The van der Waals surface area contributed by atoms with Crippen molar-refractivity contribution in [2.24, 2.45) is 0 Å². The fraction of sp³-hybridized carbons (Fsp3) is 0.286. The maximum atomic E-state index is 11.7. The highest BCUT2D eigenvalue weighted by molar-refractivity contribution is 6.01. The second kappa shape index (κ2) is 6.76. The minimum Gasteiger partial charge on any atom is -0.350 e. The molecule has 92 valence electrons. The van der Waals surface area contributed by atoms with E-state index in [-0.39, 0.29) is 11.6 Å². The monoisotopic (exact) mass is 234 g/mol. The van der Waals surface area contributed by atoms with Crippen LogP contribution >= 0.6 is 0 Å². The molecule has 0 aromatic carbocycles. The number of Topliss-reactive ketones (excluding diaryl/α,β-unsaturated/α-hetero) is 2. The van der Waals surface area contributed by atoms with Crippen LogP contribution in [0.5, 0.6) is 0 Å². The SMILES string of the molecule is C=CC(OC(C=C)C(=O)C(=C)C)C(=O)C(=C)C. The second-order valence-electron chi connectivity index (χ2n) is 3.74. The van der Waals surface area contributed by atoms with Crippen LogP contribution in [0.25, 0.3) is 0 Å². The van der Waals surface area contributed by atoms with Crippen molar-refractivity contribution in [3.05, 3.63) is 49.6 Å². The molecule has 0 spiro atoms. The van der Waals surface area contributed by atoms with Gasteiger partial charge in [0.25, 0.3) is 0 Å². The highest BCUT2D eigenvalue weighted by Gasteiger charge is 2.24. The first kappa shape index (κ1) is 15.3. The molecule has 0 aliphatic rings. The number of carbonyl (C=O) groups excluding carboxylic acids is 2. The van der Waals surface area contributed by atoms with Crippen LogP contribution in [0.1, 0.15) is 13.8 Å². The van der Waals surface area contributed by atoms with Crippen LogP contribution in [-0.4, -0.2) is 23.8 Å². The molecule has 2 unspecified atom stereocenters. The number of ether oxygens (including phenoxy) is 1. The van der Waals surface area contributed by atoms with Crippen molar-refractivity contribution in [3.63, 3.8) is 0 Å². The molecule has 17 heavy (non-hydrogen) atoms. The average molecular weight is 234 g/mol. The van der Waals surface area contributed by atoms with Crippen LogP contribution in [0.15, 0.2) is 49.6 Å². The van der Waals surface area contributed by atoms with Gasteiger partial charge in [0.15, 0.2) is 11.6 Å². The van der Waals surface area contributed by atoms with E-state index in [0.29, 0.717) is 11.1 Å². The summed E-state index contributed by atoms with van der Waals surface area (Å²) in [5.41, 5.74) is 0.695. The van der Waals surface area contributed by atoms with Gasteiger partial charge < -0.3 is 4.74 Å². The van der Waals surface area contributed by atoms with Crippen molar-refractivity contribution in [2.75, 3.05) is 0 Å². The lowest BCUT2D eigenvalue weighted by Gasteiger charge is -2.18. The molecule has 3 heteroatoms. The predicted octanol–water partition coefficient (Wildman–Crippen LogP) is 2.40. The number of hydrogen-bond acceptors (Lipinski definition) is 3. The van der Waals surface area contributed by atoms with E-state index in [0.717, 1.165) is 0 Å². The summed E-state index contributed by atoms with van der Waals surface area (Å²) < 4.78 is 5.34. The van der Waals surface area contributed by atoms with E-state index in [1.807, 2.05) is 0 Å². The van der Waals surface area contributed by atoms with Crippen LogP contribution in [0.2, 0.25) is 0 Å². The van der Waals surface area contributed by atoms with E-state index in [2.05, 4.69) is 26.3 Å². The number of hydrogen-bond donors (Lipinski definition) is 0. The largest absolute Gasteiger partial charge is 0.350 e. The Morgan fingerprint density at radius 3 is 1.41 bits per heavy atom. The third-order valence-corrected chi connectivity index (χ3v) is 2.08. The Labute approximate surface area is 102 Å². The number of rotatable bonds is 8. The average Bonchev–Trinajstić information content (AvgIpc) is 2.28. The van der Waals surface area contributed by atoms with Crippen LogP contribution in [-0.2, 0) is 14.3 Å². The normalized spacial score (nSPS) is 13.3. The Bertz CT molecular complexity index is 341. The van der Waals surface area contributed by atoms with Gasteiger partial charge in [0.05, 0.1) is 0 Å². The Kier molecular flexibility index (Phi) is 6.07. The third kappa shape index (κ3) is 4.33. The van der Waals surface area contributed by atoms with E-state index >= 15 is 0 Å². The van der Waals surface area contributed by atoms with Gasteiger partial charge >= 0.3 is 0 Å². The molecular weight excluding hydrogens is 216 g/mol. The third-order valence-electron chi connectivity index (χ3n) is 2.08. The number of ketones is 2. The molecule has 0 aromatic rings. The molecule has 0 fully saturated rings. The fourth-order valence-electron chi connectivity index (χ4n) is 1.09. The molecule has 0 amide bonds. The van der Waals surface area contributed by atoms with Crippen molar-refractivity contribution < 1.29 is 14.3 Å². The summed E-state index contributed by atoms with van der Waals surface area (Å²) in [6.07, 6.45) is 0.885. The molecule has 0 aliphatic carbocycles. The zero-order valence-electron chi connectivity index (χ0n) is 10.4. The molecule has 3 nitrogen and oxygen atoms in total. The van der Waals surface area contributed by atoms with Gasteiger partial charge in [-0.3, -0.25) is 9.59 Å². The summed E-state index contributed by atoms with van der Waals surface area (Å²) in [4.78, 5) is 23.3. The van der Waals surface area contributed by atoms with E-state index in [1.165, 1.54) is 12.2 Å². The maximum Gasteiger partial charge on any atom is 0.190 e. The Balaban J connectivity index is 4.87. The zero-order valence-corrected chi connectivity index (χ0v) is 10.4. The summed E-state index contributed by atoms with van der Waals surface area (Å²) in [5.74, 6) is -0.609. The Morgan fingerprint density at radius 1 is 0.941 bits per heavy atom. The molecule has 0 aliphatic heterocycles. The van der Waals surface area contributed by atoms with Gasteiger partial charge in [-0.05, 0) is 25.0 Å². The Hall–Kier alpha value is -1.74. The first-order chi connectivity index (χ1) is 7.84. The summed E-state index contributed by atoms with van der Waals surface area (Å²) in [6.45, 7) is 17.2. The van der Waals surface area contributed by atoms with Gasteiger partial charge in [0.1, 0.15) is 12.2 Å². The lowest BCUT2D eigenvalue weighted by atomic mass is 10.1. The van der Waals surface area contributed by atoms with Gasteiger partial charge in [0.2, 0.25) is 0 Å². The highest BCUT2D eigenvalue weighted by atomic mass is 16.5. The Morgan fingerprint density at radius 2 is 1.24 bits per heavy atom. The number of carbonyl (C=O) groups is 2. The fourth-order valence-corrected chi connectivity index (χ4v) is 1.09. The minimum absolute atomic E-state index is 0.304. The zero-order chi connectivity index (χ0) is 13.6. The molecule has 0 saturated heterocycles. The maximum absolute atomic E-state index is 11.7. The molecular formula is C14H18O3. The summed E-state index contributed by atoms with van der Waals surface area (Å²) >= 11 is 0. The molecule has 0 heterocycles. The summed E-state index contributed by atoms with van der Waals surface area (Å²) in [7, 11) is 0. The van der Waals surface area contributed by atoms with E-state index in [4.69, 9.17) is 4.74 Å².